The first-order valence-electron chi connectivity index (χ1n) is 7.43. The van der Waals surface area contributed by atoms with Gasteiger partial charge in [-0.2, -0.15) is 4.31 Å². The number of sulfonamides is 1. The third-order valence-corrected chi connectivity index (χ3v) is 5.67. The zero-order valence-electron chi connectivity index (χ0n) is 12.6. The van der Waals surface area contributed by atoms with Crippen molar-refractivity contribution in [2.45, 2.75) is 11.9 Å². The minimum atomic E-state index is -3.41. The van der Waals surface area contributed by atoms with Crippen LogP contribution < -0.4 is 0 Å². The predicted octanol–water partition coefficient (Wildman–Crippen LogP) is 2.73. The Hall–Kier alpha value is -1.76. The van der Waals surface area contributed by atoms with E-state index < -0.39 is 10.0 Å². The van der Waals surface area contributed by atoms with Crippen molar-refractivity contribution < 1.29 is 17.5 Å². The van der Waals surface area contributed by atoms with Crippen LogP contribution in [-0.2, 0) is 20.5 Å². The highest BCUT2D eigenvalue weighted by Crippen LogP contribution is 2.25. The van der Waals surface area contributed by atoms with E-state index in [1.165, 1.54) is 16.4 Å². The fourth-order valence-electron chi connectivity index (χ4n) is 2.63. The van der Waals surface area contributed by atoms with E-state index >= 15 is 0 Å². The van der Waals surface area contributed by atoms with Gasteiger partial charge in [-0.15, -0.1) is 0 Å². The molecule has 23 heavy (non-hydrogen) atoms. The lowest BCUT2D eigenvalue weighted by Gasteiger charge is -2.32. The van der Waals surface area contributed by atoms with Crippen molar-refractivity contribution in [1.29, 1.82) is 0 Å². The Kier molecular flexibility index (Phi) is 4.75. The molecule has 122 valence electrons. The molecule has 0 aromatic heterocycles. The number of nitrogens with zero attached hydrogens (tertiary/aromatic N) is 1. The number of hydrogen-bond donors (Lipinski definition) is 0. The summed E-state index contributed by atoms with van der Waals surface area (Å²) in [6.45, 7) is 0.920. The molecule has 0 radical (unpaired) electrons. The maximum absolute atomic E-state index is 13.0. The number of halogens is 1. The van der Waals surface area contributed by atoms with E-state index in [4.69, 9.17) is 4.74 Å². The monoisotopic (exact) mass is 335 g/mol. The van der Waals surface area contributed by atoms with E-state index in [1.54, 1.807) is 24.3 Å². The van der Waals surface area contributed by atoms with Crippen molar-refractivity contribution in [2.75, 3.05) is 19.7 Å². The zero-order chi connectivity index (χ0) is 16.3. The lowest BCUT2D eigenvalue weighted by atomic mass is 10.1. The highest BCUT2D eigenvalue weighted by Gasteiger charge is 2.30. The summed E-state index contributed by atoms with van der Waals surface area (Å²) in [4.78, 5) is 0. The van der Waals surface area contributed by atoms with E-state index in [0.29, 0.717) is 13.2 Å². The Balaban J connectivity index is 1.73. The van der Waals surface area contributed by atoms with Crippen molar-refractivity contribution in [3.8, 4) is 0 Å². The molecule has 0 spiro atoms. The number of ether oxygens (including phenoxy) is 1. The van der Waals surface area contributed by atoms with Gasteiger partial charge in [0.15, 0.2) is 0 Å². The van der Waals surface area contributed by atoms with Gasteiger partial charge in [-0.05, 0) is 23.3 Å². The summed E-state index contributed by atoms with van der Waals surface area (Å²) in [6.07, 6.45) is -0.366. The van der Waals surface area contributed by atoms with Gasteiger partial charge >= 0.3 is 0 Å². The molecule has 2 aromatic carbocycles. The summed E-state index contributed by atoms with van der Waals surface area (Å²) in [6, 6.07) is 15.1. The Bertz CT molecular complexity index is 747. The van der Waals surface area contributed by atoms with Crippen LogP contribution in [0.25, 0.3) is 0 Å². The molecule has 0 amide bonds. The molecule has 0 N–H and O–H groups in total. The molecule has 1 aliphatic rings. The van der Waals surface area contributed by atoms with Gasteiger partial charge in [-0.1, -0.05) is 42.5 Å². The van der Waals surface area contributed by atoms with E-state index in [9.17, 15) is 12.8 Å². The van der Waals surface area contributed by atoms with E-state index in [2.05, 4.69) is 0 Å². The molecule has 6 heteroatoms. The van der Waals surface area contributed by atoms with Crippen molar-refractivity contribution in [1.82, 2.24) is 4.31 Å². The van der Waals surface area contributed by atoms with Crippen LogP contribution in [0.3, 0.4) is 0 Å². The van der Waals surface area contributed by atoms with Crippen LogP contribution >= 0.6 is 0 Å². The number of morpholine rings is 1. The average molecular weight is 335 g/mol. The highest BCUT2D eigenvalue weighted by molar-refractivity contribution is 7.88. The molecule has 0 saturated carbocycles. The van der Waals surface area contributed by atoms with Crippen LogP contribution in [0.4, 0.5) is 4.39 Å². The molecule has 3 rings (SSSR count). The van der Waals surface area contributed by atoms with Crippen LogP contribution in [0, 0.1) is 5.82 Å². The summed E-state index contributed by atoms with van der Waals surface area (Å²) in [5.74, 6) is -0.345. The molecule has 1 atom stereocenters. The van der Waals surface area contributed by atoms with Crippen molar-refractivity contribution in [2.24, 2.45) is 0 Å². The number of rotatable bonds is 4. The maximum atomic E-state index is 13.0. The molecule has 1 unspecified atom stereocenters. The Morgan fingerprint density at radius 1 is 1.09 bits per heavy atom. The largest absolute Gasteiger partial charge is 0.371 e. The molecule has 1 fully saturated rings. The molecular weight excluding hydrogens is 317 g/mol. The quantitative estimate of drug-likeness (QED) is 0.863. The first-order chi connectivity index (χ1) is 11.0. The normalized spacial score (nSPS) is 19.6. The minimum absolute atomic E-state index is 0.0238. The van der Waals surface area contributed by atoms with Gasteiger partial charge in [0.25, 0.3) is 0 Å². The fourth-order valence-corrected chi connectivity index (χ4v) is 4.15. The molecule has 2 aromatic rings. The fraction of sp³-hybridized carbons (Fsp3) is 0.294. The third kappa shape index (κ3) is 3.96. The summed E-state index contributed by atoms with van der Waals surface area (Å²) in [5.41, 5.74) is 1.54. The van der Waals surface area contributed by atoms with Gasteiger partial charge < -0.3 is 4.74 Å². The second-order valence-corrected chi connectivity index (χ2v) is 7.48. The summed E-state index contributed by atoms with van der Waals surface area (Å²) >= 11 is 0. The topological polar surface area (TPSA) is 46.6 Å². The molecule has 0 aliphatic carbocycles. The molecule has 1 aliphatic heterocycles. The summed E-state index contributed by atoms with van der Waals surface area (Å²) < 4.78 is 45.3. The van der Waals surface area contributed by atoms with Crippen molar-refractivity contribution in [3.05, 3.63) is 71.5 Å². The van der Waals surface area contributed by atoms with Crippen LogP contribution in [0.5, 0.6) is 0 Å². The van der Waals surface area contributed by atoms with Gasteiger partial charge in [0.2, 0.25) is 10.0 Å². The molecular formula is C17H18FNO3S. The van der Waals surface area contributed by atoms with Gasteiger partial charge in [0.05, 0.1) is 18.5 Å². The van der Waals surface area contributed by atoms with Gasteiger partial charge in [0.1, 0.15) is 5.82 Å². The first kappa shape index (κ1) is 16.1. The van der Waals surface area contributed by atoms with Crippen LogP contribution in [0.1, 0.15) is 17.2 Å². The van der Waals surface area contributed by atoms with Gasteiger partial charge in [0, 0.05) is 13.1 Å². The number of benzene rings is 2. The lowest BCUT2D eigenvalue weighted by molar-refractivity contribution is -0.00263. The van der Waals surface area contributed by atoms with E-state index in [0.717, 1.165) is 11.1 Å². The summed E-state index contributed by atoms with van der Waals surface area (Å²) in [5, 5.41) is 0. The Morgan fingerprint density at radius 3 is 2.48 bits per heavy atom. The smallest absolute Gasteiger partial charge is 0.218 e. The highest BCUT2D eigenvalue weighted by atomic mass is 32.2. The molecule has 1 saturated heterocycles. The average Bonchev–Trinajstić information content (AvgIpc) is 2.56. The molecule has 4 nitrogen and oxygen atoms in total. The Morgan fingerprint density at radius 2 is 1.78 bits per heavy atom. The molecule has 0 bridgehead atoms. The summed E-state index contributed by atoms with van der Waals surface area (Å²) in [7, 11) is -3.41. The van der Waals surface area contributed by atoms with Gasteiger partial charge in [-0.25, -0.2) is 12.8 Å². The second-order valence-electron chi connectivity index (χ2n) is 5.51. The van der Waals surface area contributed by atoms with Crippen molar-refractivity contribution >= 4 is 10.0 Å². The lowest BCUT2D eigenvalue weighted by Crippen LogP contribution is -2.42. The minimum Gasteiger partial charge on any atom is -0.371 e. The van der Waals surface area contributed by atoms with Crippen LogP contribution in [-0.4, -0.2) is 32.4 Å². The maximum Gasteiger partial charge on any atom is 0.218 e. The predicted molar refractivity (Wildman–Crippen MR) is 85.7 cm³/mol. The molecule has 1 heterocycles. The standard InChI is InChI=1S/C17H18FNO3S/c18-16-8-6-15(7-9-16)17-12-19(10-11-22-17)23(20,21)13-14-4-2-1-3-5-14/h1-9,17H,10-13H2. The zero-order valence-corrected chi connectivity index (χ0v) is 13.4. The Labute approximate surface area is 135 Å². The first-order valence-corrected chi connectivity index (χ1v) is 9.04. The van der Waals surface area contributed by atoms with Crippen molar-refractivity contribution in [3.63, 3.8) is 0 Å². The van der Waals surface area contributed by atoms with Crippen LogP contribution in [0.2, 0.25) is 0 Å². The van der Waals surface area contributed by atoms with Gasteiger partial charge in [-0.3, -0.25) is 0 Å². The SMILES string of the molecule is O=S(=O)(Cc1ccccc1)N1CCOC(c2ccc(F)cc2)C1. The third-order valence-electron chi connectivity index (χ3n) is 3.86. The van der Waals surface area contributed by atoms with E-state index in [1.807, 2.05) is 18.2 Å². The van der Waals surface area contributed by atoms with E-state index in [-0.39, 0.29) is 24.2 Å². The second kappa shape index (κ2) is 6.78. The van der Waals surface area contributed by atoms with Crippen LogP contribution in [0.15, 0.2) is 54.6 Å². The number of hydrogen-bond acceptors (Lipinski definition) is 3.